The molecule has 0 bridgehead atoms. The average Bonchev–Trinajstić information content (AvgIpc) is 3.40. The van der Waals surface area contributed by atoms with Crippen molar-refractivity contribution in [2.45, 2.75) is 25.8 Å². The number of halogens is 1. The summed E-state index contributed by atoms with van der Waals surface area (Å²) in [5, 5.41) is 12.3. The molecule has 1 aliphatic heterocycles. The predicted molar refractivity (Wildman–Crippen MR) is 120 cm³/mol. The number of amides is 1. The lowest BCUT2D eigenvalue weighted by Crippen LogP contribution is -2.44. The molecule has 2 aromatic rings. The molecule has 29 heavy (non-hydrogen) atoms. The molecule has 0 saturated carbocycles. The second-order valence-electron chi connectivity index (χ2n) is 6.73. The Morgan fingerprint density at radius 2 is 2.28 bits per heavy atom. The number of guanidine groups is 1. The number of hydrogen-bond acceptors (Lipinski definition) is 5. The highest BCUT2D eigenvalue weighted by Gasteiger charge is 2.25. The maximum Gasteiger partial charge on any atom is 0.261 e. The number of nitrogens with zero attached hydrogens (tertiary/aromatic N) is 3. The molecule has 0 aromatic carbocycles. The lowest BCUT2D eigenvalue weighted by molar-refractivity contribution is 0.0957. The van der Waals surface area contributed by atoms with Crippen molar-refractivity contribution in [3.8, 4) is 0 Å². The van der Waals surface area contributed by atoms with Crippen molar-refractivity contribution < 1.29 is 4.79 Å². The predicted octanol–water partition coefficient (Wildman–Crippen LogP) is 2.75. The van der Waals surface area contributed by atoms with Crippen molar-refractivity contribution >= 4 is 40.6 Å². The zero-order valence-corrected chi connectivity index (χ0v) is 18.1. The molecule has 1 atom stereocenters. The second-order valence-corrected chi connectivity index (χ2v) is 8.09. The van der Waals surface area contributed by atoms with E-state index in [0.717, 1.165) is 49.1 Å². The molecule has 3 heterocycles. The average molecular weight is 435 g/mol. The molecule has 3 N–H and O–H groups in total. The van der Waals surface area contributed by atoms with E-state index in [1.54, 1.807) is 6.20 Å². The molecule has 0 aliphatic carbocycles. The zero-order valence-electron chi connectivity index (χ0n) is 16.5. The zero-order chi connectivity index (χ0) is 20.5. The van der Waals surface area contributed by atoms with Crippen LogP contribution in [0.15, 0.2) is 40.8 Å². The van der Waals surface area contributed by atoms with Gasteiger partial charge >= 0.3 is 0 Å². The van der Waals surface area contributed by atoms with E-state index >= 15 is 0 Å². The van der Waals surface area contributed by atoms with Crippen LogP contribution in [0.5, 0.6) is 0 Å². The number of rotatable bonds is 8. The SMILES string of the molecule is CCNC(=NCCCNC(=O)c1cccs1)NC1CCN(c2ncccc2Cl)C1. The van der Waals surface area contributed by atoms with Crippen LogP contribution >= 0.6 is 22.9 Å². The van der Waals surface area contributed by atoms with Crippen LogP contribution in [-0.2, 0) is 0 Å². The maximum absolute atomic E-state index is 11.9. The van der Waals surface area contributed by atoms with E-state index in [-0.39, 0.29) is 11.9 Å². The number of carbonyl (C=O) groups is 1. The van der Waals surface area contributed by atoms with E-state index in [1.807, 2.05) is 36.6 Å². The van der Waals surface area contributed by atoms with Gasteiger partial charge < -0.3 is 20.9 Å². The molecule has 9 heteroatoms. The van der Waals surface area contributed by atoms with Crippen molar-refractivity contribution in [2.24, 2.45) is 4.99 Å². The summed E-state index contributed by atoms with van der Waals surface area (Å²) in [6.07, 6.45) is 3.55. The molecule has 1 unspecified atom stereocenters. The number of carbonyl (C=O) groups excluding carboxylic acids is 1. The number of thiophene rings is 1. The molecule has 1 saturated heterocycles. The highest BCUT2D eigenvalue weighted by Crippen LogP contribution is 2.25. The maximum atomic E-state index is 11.9. The van der Waals surface area contributed by atoms with Crippen LogP contribution in [0.4, 0.5) is 5.82 Å². The Kier molecular flexibility index (Phi) is 8.13. The lowest BCUT2D eigenvalue weighted by atomic mass is 10.3. The minimum Gasteiger partial charge on any atom is -0.357 e. The minimum atomic E-state index is -0.0201. The van der Waals surface area contributed by atoms with Crippen LogP contribution in [0.2, 0.25) is 5.02 Å². The van der Waals surface area contributed by atoms with Crippen molar-refractivity contribution in [3.05, 3.63) is 45.7 Å². The second kappa shape index (κ2) is 11.0. The fourth-order valence-corrected chi connectivity index (χ4v) is 4.04. The van der Waals surface area contributed by atoms with Gasteiger partial charge in [0.2, 0.25) is 0 Å². The molecule has 1 fully saturated rings. The largest absolute Gasteiger partial charge is 0.357 e. The van der Waals surface area contributed by atoms with E-state index in [4.69, 9.17) is 11.6 Å². The highest BCUT2D eigenvalue weighted by atomic mass is 35.5. The third kappa shape index (κ3) is 6.33. The van der Waals surface area contributed by atoms with Crippen LogP contribution < -0.4 is 20.9 Å². The molecular formula is C20H27ClN6OS. The monoisotopic (exact) mass is 434 g/mol. The summed E-state index contributed by atoms with van der Waals surface area (Å²) in [4.78, 5) is 23.9. The summed E-state index contributed by atoms with van der Waals surface area (Å²) in [6.45, 7) is 5.83. The van der Waals surface area contributed by atoms with Gasteiger partial charge in [-0.2, -0.15) is 0 Å². The number of nitrogens with one attached hydrogen (secondary N) is 3. The van der Waals surface area contributed by atoms with Gasteiger partial charge in [-0.05, 0) is 43.3 Å². The van der Waals surface area contributed by atoms with E-state index in [0.29, 0.717) is 18.1 Å². The molecule has 0 spiro atoms. The third-order valence-corrected chi connectivity index (χ3v) is 5.71. The summed E-state index contributed by atoms with van der Waals surface area (Å²) < 4.78 is 0. The number of anilines is 1. The molecule has 0 radical (unpaired) electrons. The molecule has 156 valence electrons. The van der Waals surface area contributed by atoms with Crippen molar-refractivity contribution in [3.63, 3.8) is 0 Å². The number of aromatic nitrogens is 1. The summed E-state index contributed by atoms with van der Waals surface area (Å²) in [5.74, 6) is 1.62. The van der Waals surface area contributed by atoms with Crippen molar-refractivity contribution in [1.82, 2.24) is 20.9 Å². The summed E-state index contributed by atoms with van der Waals surface area (Å²) >= 11 is 7.72. The lowest BCUT2D eigenvalue weighted by Gasteiger charge is -2.20. The smallest absolute Gasteiger partial charge is 0.261 e. The molecule has 3 rings (SSSR count). The van der Waals surface area contributed by atoms with E-state index in [9.17, 15) is 4.79 Å². The number of pyridine rings is 1. The summed E-state index contributed by atoms with van der Waals surface area (Å²) in [6, 6.07) is 7.70. The first kappa shape index (κ1) is 21.4. The first-order valence-electron chi connectivity index (χ1n) is 9.89. The number of aliphatic imine (C=N–C) groups is 1. The van der Waals surface area contributed by atoms with Gasteiger partial charge in [-0.3, -0.25) is 9.79 Å². The third-order valence-electron chi connectivity index (χ3n) is 4.55. The van der Waals surface area contributed by atoms with Gasteiger partial charge in [0.15, 0.2) is 5.96 Å². The van der Waals surface area contributed by atoms with Crippen LogP contribution in [0, 0.1) is 0 Å². The molecule has 1 aliphatic rings. The van der Waals surface area contributed by atoms with Crippen LogP contribution in [0.25, 0.3) is 0 Å². The van der Waals surface area contributed by atoms with E-state index < -0.39 is 0 Å². The first-order valence-corrected chi connectivity index (χ1v) is 11.1. The Balaban J connectivity index is 1.43. The van der Waals surface area contributed by atoms with Gasteiger partial charge in [-0.1, -0.05) is 17.7 Å². The Labute approximate surface area is 180 Å². The fourth-order valence-electron chi connectivity index (χ4n) is 3.16. The van der Waals surface area contributed by atoms with Crippen LogP contribution in [-0.4, -0.2) is 55.6 Å². The Bertz CT molecular complexity index is 813. The fraction of sp³-hybridized carbons (Fsp3) is 0.450. The highest BCUT2D eigenvalue weighted by molar-refractivity contribution is 7.12. The topological polar surface area (TPSA) is 81.6 Å². The Hall–Kier alpha value is -2.32. The molecule has 2 aromatic heterocycles. The molecular weight excluding hydrogens is 408 g/mol. The van der Waals surface area contributed by atoms with Gasteiger partial charge in [0.1, 0.15) is 5.82 Å². The molecule has 7 nitrogen and oxygen atoms in total. The van der Waals surface area contributed by atoms with Gasteiger partial charge in [0, 0.05) is 45.0 Å². The van der Waals surface area contributed by atoms with Gasteiger partial charge in [0.25, 0.3) is 5.91 Å². The van der Waals surface area contributed by atoms with Crippen LogP contribution in [0.3, 0.4) is 0 Å². The van der Waals surface area contributed by atoms with E-state index in [2.05, 4.69) is 30.8 Å². The van der Waals surface area contributed by atoms with Gasteiger partial charge in [-0.25, -0.2) is 4.98 Å². The van der Waals surface area contributed by atoms with E-state index in [1.165, 1.54) is 11.3 Å². The van der Waals surface area contributed by atoms with Crippen molar-refractivity contribution in [2.75, 3.05) is 37.6 Å². The van der Waals surface area contributed by atoms with Gasteiger partial charge in [-0.15, -0.1) is 11.3 Å². The first-order chi connectivity index (χ1) is 14.2. The van der Waals surface area contributed by atoms with Gasteiger partial charge in [0.05, 0.1) is 9.90 Å². The summed E-state index contributed by atoms with van der Waals surface area (Å²) in [5.41, 5.74) is 0. The minimum absolute atomic E-state index is 0.0201. The number of hydrogen-bond donors (Lipinski definition) is 3. The Morgan fingerprint density at radius 3 is 3.03 bits per heavy atom. The standard InChI is InChI=1S/C20H27ClN6OS/c1-2-22-20(25-11-5-10-24-19(28)17-7-4-13-29-17)26-15-8-12-27(14-15)18-16(21)6-3-9-23-18/h3-4,6-7,9,13,15H,2,5,8,10-12,14H2,1H3,(H,24,28)(H2,22,25,26). The Morgan fingerprint density at radius 1 is 1.38 bits per heavy atom. The summed E-state index contributed by atoms with van der Waals surface area (Å²) in [7, 11) is 0. The van der Waals surface area contributed by atoms with Crippen LogP contribution in [0.1, 0.15) is 29.4 Å². The normalized spacial score (nSPS) is 16.7. The molecule has 1 amide bonds. The quantitative estimate of drug-likeness (QED) is 0.338. The van der Waals surface area contributed by atoms with Crippen molar-refractivity contribution in [1.29, 1.82) is 0 Å².